The topological polar surface area (TPSA) is 0 Å². The summed E-state index contributed by atoms with van der Waals surface area (Å²) in [6.07, 6.45) is 5.52. The van der Waals surface area contributed by atoms with E-state index in [-0.39, 0.29) is 0 Å². The zero-order valence-corrected chi connectivity index (χ0v) is 11.4. The molecule has 0 N–H and O–H groups in total. The average Bonchev–Trinajstić information content (AvgIpc) is 2.76. The van der Waals surface area contributed by atoms with Crippen molar-refractivity contribution in [1.82, 2.24) is 0 Å². The van der Waals surface area contributed by atoms with Crippen molar-refractivity contribution in [3.8, 4) is 0 Å². The highest BCUT2D eigenvalue weighted by atomic mass is 79.9. The van der Waals surface area contributed by atoms with Crippen molar-refractivity contribution >= 4 is 38.9 Å². The van der Waals surface area contributed by atoms with Gasteiger partial charge in [-0.3, -0.25) is 0 Å². The molecule has 0 aliphatic heterocycles. The maximum atomic E-state index is 6.08. The van der Waals surface area contributed by atoms with Gasteiger partial charge in [-0.1, -0.05) is 40.4 Å². The van der Waals surface area contributed by atoms with E-state index < -0.39 is 0 Å². The standard InChI is InChI=1S/C11H14BrClS/c1-7-6-9(14-11(7)13)10(12)8-4-2-3-5-8/h6,8,10H,2-5H2,1H3. The third-order valence-electron chi connectivity index (χ3n) is 2.96. The van der Waals surface area contributed by atoms with Crippen LogP contribution in [-0.2, 0) is 0 Å². The summed E-state index contributed by atoms with van der Waals surface area (Å²) >= 11 is 11.6. The minimum absolute atomic E-state index is 0.529. The van der Waals surface area contributed by atoms with Gasteiger partial charge in [0.1, 0.15) is 0 Å². The van der Waals surface area contributed by atoms with Gasteiger partial charge in [-0.2, -0.15) is 0 Å². The molecule has 1 unspecified atom stereocenters. The molecular weight excluding hydrogens is 280 g/mol. The van der Waals surface area contributed by atoms with E-state index in [4.69, 9.17) is 11.6 Å². The normalized spacial score (nSPS) is 20.2. The number of halogens is 2. The fourth-order valence-corrected chi connectivity index (χ4v) is 4.33. The van der Waals surface area contributed by atoms with Crippen molar-refractivity contribution in [2.24, 2.45) is 5.92 Å². The Labute approximate surface area is 103 Å². The molecule has 2 rings (SSSR count). The van der Waals surface area contributed by atoms with Crippen LogP contribution in [0.2, 0.25) is 4.34 Å². The number of hydrogen-bond acceptors (Lipinski definition) is 1. The van der Waals surface area contributed by atoms with Crippen molar-refractivity contribution in [3.63, 3.8) is 0 Å². The molecule has 1 aromatic rings. The molecule has 0 spiro atoms. The molecule has 14 heavy (non-hydrogen) atoms. The summed E-state index contributed by atoms with van der Waals surface area (Å²) < 4.78 is 0.947. The second kappa shape index (κ2) is 4.54. The Bertz CT molecular complexity index is 296. The predicted octanol–water partition coefficient (Wildman–Crippen LogP) is 5.34. The molecule has 0 bridgehead atoms. The summed E-state index contributed by atoms with van der Waals surface area (Å²) in [7, 11) is 0. The first-order valence-electron chi connectivity index (χ1n) is 5.08. The average molecular weight is 294 g/mol. The lowest BCUT2D eigenvalue weighted by Crippen LogP contribution is -2.00. The molecule has 0 saturated heterocycles. The molecule has 1 aliphatic carbocycles. The number of rotatable bonds is 2. The zero-order valence-electron chi connectivity index (χ0n) is 8.22. The van der Waals surface area contributed by atoms with Gasteiger partial charge in [0.25, 0.3) is 0 Å². The van der Waals surface area contributed by atoms with E-state index in [9.17, 15) is 0 Å². The summed E-state index contributed by atoms with van der Waals surface area (Å²) in [5.74, 6) is 0.823. The minimum Gasteiger partial charge on any atom is -0.127 e. The minimum atomic E-state index is 0.529. The van der Waals surface area contributed by atoms with Gasteiger partial charge in [-0.25, -0.2) is 0 Å². The number of thiophene rings is 1. The summed E-state index contributed by atoms with van der Waals surface area (Å²) in [5, 5.41) is 0. The maximum Gasteiger partial charge on any atom is 0.0960 e. The van der Waals surface area contributed by atoms with E-state index in [1.54, 1.807) is 11.3 Å². The van der Waals surface area contributed by atoms with Gasteiger partial charge in [0, 0.05) is 4.88 Å². The fraction of sp³-hybridized carbons (Fsp3) is 0.636. The number of aryl methyl sites for hydroxylation is 1. The molecule has 3 heteroatoms. The zero-order chi connectivity index (χ0) is 10.1. The third-order valence-corrected chi connectivity index (χ3v) is 6.14. The van der Waals surface area contributed by atoms with Crippen LogP contribution in [0.3, 0.4) is 0 Å². The van der Waals surface area contributed by atoms with Crippen LogP contribution in [0.5, 0.6) is 0 Å². The maximum absolute atomic E-state index is 6.08. The molecule has 1 fully saturated rings. The molecule has 0 nitrogen and oxygen atoms in total. The quantitative estimate of drug-likeness (QED) is 0.646. The van der Waals surface area contributed by atoms with Gasteiger partial charge in [0.05, 0.1) is 9.16 Å². The molecule has 1 heterocycles. The number of alkyl halides is 1. The Morgan fingerprint density at radius 1 is 1.50 bits per heavy atom. The van der Waals surface area contributed by atoms with Crippen LogP contribution in [0.25, 0.3) is 0 Å². The highest BCUT2D eigenvalue weighted by molar-refractivity contribution is 9.09. The first-order valence-corrected chi connectivity index (χ1v) is 7.19. The molecule has 1 atom stereocenters. The van der Waals surface area contributed by atoms with E-state index in [2.05, 4.69) is 28.9 Å². The lowest BCUT2D eigenvalue weighted by Gasteiger charge is -2.14. The summed E-state index contributed by atoms with van der Waals surface area (Å²) in [4.78, 5) is 1.93. The Hall–Kier alpha value is 0.470. The predicted molar refractivity (Wildman–Crippen MR) is 67.7 cm³/mol. The molecule has 1 saturated carbocycles. The van der Waals surface area contributed by atoms with E-state index in [1.165, 1.54) is 36.1 Å². The second-order valence-corrected chi connectivity index (χ2v) is 6.72. The third kappa shape index (κ3) is 2.17. The Morgan fingerprint density at radius 2 is 2.14 bits per heavy atom. The van der Waals surface area contributed by atoms with Crippen LogP contribution < -0.4 is 0 Å². The summed E-state index contributed by atoms with van der Waals surface area (Å²) in [6, 6.07) is 2.23. The Kier molecular flexibility index (Phi) is 3.56. The smallest absolute Gasteiger partial charge is 0.0960 e. The van der Waals surface area contributed by atoms with E-state index >= 15 is 0 Å². The highest BCUT2D eigenvalue weighted by Gasteiger charge is 2.25. The van der Waals surface area contributed by atoms with Crippen LogP contribution >= 0.6 is 38.9 Å². The SMILES string of the molecule is Cc1cc(C(Br)C2CCCC2)sc1Cl. The van der Waals surface area contributed by atoms with Crippen molar-refractivity contribution in [2.75, 3.05) is 0 Å². The van der Waals surface area contributed by atoms with Gasteiger partial charge in [0.2, 0.25) is 0 Å². The largest absolute Gasteiger partial charge is 0.127 e. The lowest BCUT2D eigenvalue weighted by atomic mass is 10.0. The monoisotopic (exact) mass is 292 g/mol. The van der Waals surface area contributed by atoms with Crippen LogP contribution in [0.15, 0.2) is 6.07 Å². The lowest BCUT2D eigenvalue weighted by molar-refractivity contribution is 0.546. The molecule has 1 aliphatic rings. The van der Waals surface area contributed by atoms with E-state index in [0.29, 0.717) is 4.83 Å². The number of hydrogen-bond donors (Lipinski definition) is 0. The van der Waals surface area contributed by atoms with Crippen molar-refractivity contribution in [1.29, 1.82) is 0 Å². The first-order chi connectivity index (χ1) is 6.68. The van der Waals surface area contributed by atoms with Gasteiger partial charge in [-0.15, -0.1) is 11.3 Å². The fourth-order valence-electron chi connectivity index (χ4n) is 2.10. The van der Waals surface area contributed by atoms with E-state index in [0.717, 1.165) is 10.3 Å². The highest BCUT2D eigenvalue weighted by Crippen LogP contribution is 2.44. The summed E-state index contributed by atoms with van der Waals surface area (Å²) in [5.41, 5.74) is 1.22. The van der Waals surface area contributed by atoms with Crippen LogP contribution in [0, 0.1) is 12.8 Å². The Balaban J connectivity index is 2.13. The van der Waals surface area contributed by atoms with Crippen LogP contribution in [0.1, 0.15) is 41.0 Å². The Morgan fingerprint density at radius 3 is 2.64 bits per heavy atom. The van der Waals surface area contributed by atoms with Gasteiger partial charge >= 0.3 is 0 Å². The molecule has 0 radical (unpaired) electrons. The van der Waals surface area contributed by atoms with Crippen LogP contribution in [0.4, 0.5) is 0 Å². The van der Waals surface area contributed by atoms with Gasteiger partial charge in [0.15, 0.2) is 0 Å². The molecule has 78 valence electrons. The van der Waals surface area contributed by atoms with Crippen molar-refractivity contribution < 1.29 is 0 Å². The molecule has 0 amide bonds. The summed E-state index contributed by atoms with van der Waals surface area (Å²) in [6.45, 7) is 2.08. The molecule has 0 aromatic carbocycles. The molecular formula is C11H14BrClS. The van der Waals surface area contributed by atoms with Gasteiger partial charge in [-0.05, 0) is 37.3 Å². The molecule has 1 aromatic heterocycles. The van der Waals surface area contributed by atoms with Gasteiger partial charge < -0.3 is 0 Å². The van der Waals surface area contributed by atoms with E-state index in [1.807, 2.05) is 0 Å². The first kappa shape index (κ1) is 11.0. The van der Waals surface area contributed by atoms with Crippen molar-refractivity contribution in [3.05, 3.63) is 20.8 Å². The van der Waals surface area contributed by atoms with Crippen molar-refractivity contribution in [2.45, 2.75) is 37.4 Å². The second-order valence-electron chi connectivity index (χ2n) is 4.05. The van der Waals surface area contributed by atoms with Crippen LogP contribution in [-0.4, -0.2) is 0 Å².